The van der Waals surface area contributed by atoms with Gasteiger partial charge in [0, 0.05) is 19.8 Å². The maximum absolute atomic E-state index is 11.4. The Labute approximate surface area is 99.5 Å². The molecule has 0 N–H and O–H groups in total. The molecule has 0 aliphatic carbocycles. The maximum atomic E-state index is 11.4. The smallest absolute Gasteiger partial charge is 0.347 e. The molecule has 0 unspecified atom stereocenters. The van der Waals surface area contributed by atoms with E-state index < -0.39 is 18.0 Å². The van der Waals surface area contributed by atoms with Crippen molar-refractivity contribution < 1.29 is 19.1 Å². The van der Waals surface area contributed by atoms with Gasteiger partial charge in [-0.25, -0.2) is 4.79 Å². The Bertz CT molecular complexity index is 413. The summed E-state index contributed by atoms with van der Waals surface area (Å²) in [4.78, 5) is 22.2. The first kappa shape index (κ1) is 11.6. The van der Waals surface area contributed by atoms with Crippen molar-refractivity contribution in [3.05, 3.63) is 35.9 Å². The number of rotatable bonds is 3. The topological polar surface area (TPSA) is 52.6 Å². The van der Waals surface area contributed by atoms with Gasteiger partial charge in [-0.15, -0.1) is 0 Å². The molecular formula is C13H14O4. The second kappa shape index (κ2) is 4.99. The summed E-state index contributed by atoms with van der Waals surface area (Å²) in [5, 5.41) is 0. The van der Waals surface area contributed by atoms with Crippen LogP contribution < -0.4 is 0 Å². The van der Waals surface area contributed by atoms with Crippen LogP contribution in [0, 0.1) is 0 Å². The second-order valence-electron chi connectivity index (χ2n) is 4.08. The Hall–Kier alpha value is -1.84. The second-order valence-corrected chi connectivity index (χ2v) is 4.08. The fourth-order valence-electron chi connectivity index (χ4n) is 1.92. The number of hydrogen-bond acceptors (Lipinski definition) is 4. The number of hydrogen-bond donors (Lipinski definition) is 0. The molecule has 0 aromatic heterocycles. The molecule has 0 amide bonds. The third-order valence-corrected chi connectivity index (χ3v) is 2.64. The van der Waals surface area contributed by atoms with E-state index in [1.54, 1.807) is 0 Å². The summed E-state index contributed by atoms with van der Waals surface area (Å²) < 4.78 is 10.0. The van der Waals surface area contributed by atoms with Crippen molar-refractivity contribution in [2.75, 3.05) is 0 Å². The molecule has 4 heteroatoms. The minimum atomic E-state index is -0.735. The lowest BCUT2D eigenvalue weighted by Crippen LogP contribution is -2.20. The van der Waals surface area contributed by atoms with Gasteiger partial charge in [0.25, 0.3) is 0 Å². The van der Waals surface area contributed by atoms with Crippen molar-refractivity contribution in [3.63, 3.8) is 0 Å². The Morgan fingerprint density at radius 2 is 2.12 bits per heavy atom. The van der Waals surface area contributed by atoms with E-state index in [-0.39, 0.29) is 6.10 Å². The highest BCUT2D eigenvalue weighted by molar-refractivity contribution is 5.80. The van der Waals surface area contributed by atoms with Crippen molar-refractivity contribution in [2.45, 2.75) is 32.0 Å². The molecule has 1 aliphatic rings. The summed E-state index contributed by atoms with van der Waals surface area (Å²) in [6.45, 7) is 1.29. The van der Waals surface area contributed by atoms with E-state index in [0.717, 1.165) is 5.56 Å². The quantitative estimate of drug-likeness (QED) is 0.743. The lowest BCUT2D eigenvalue weighted by atomic mass is 10.1. The molecule has 1 saturated heterocycles. The van der Waals surface area contributed by atoms with Gasteiger partial charge in [-0.05, 0) is 5.56 Å². The summed E-state index contributed by atoms with van der Waals surface area (Å²) in [5.41, 5.74) is 1.11. The lowest BCUT2D eigenvalue weighted by Gasteiger charge is -2.08. The van der Waals surface area contributed by atoms with Crippen LogP contribution in [-0.4, -0.2) is 24.1 Å². The van der Waals surface area contributed by atoms with E-state index in [9.17, 15) is 9.59 Å². The van der Waals surface area contributed by atoms with Crippen LogP contribution in [0.25, 0.3) is 0 Å². The normalized spacial score (nSPS) is 23.2. The third-order valence-electron chi connectivity index (χ3n) is 2.64. The molecule has 17 heavy (non-hydrogen) atoms. The predicted molar refractivity (Wildman–Crippen MR) is 60.2 cm³/mol. The average molecular weight is 234 g/mol. The highest BCUT2D eigenvalue weighted by Gasteiger charge is 2.36. The first-order valence-corrected chi connectivity index (χ1v) is 5.57. The van der Waals surface area contributed by atoms with E-state index in [1.807, 2.05) is 30.3 Å². The first-order valence-electron chi connectivity index (χ1n) is 5.57. The molecule has 0 bridgehead atoms. The van der Waals surface area contributed by atoms with Crippen molar-refractivity contribution in [2.24, 2.45) is 0 Å². The molecule has 1 aliphatic heterocycles. The Morgan fingerprint density at radius 1 is 1.41 bits per heavy atom. The fraction of sp³-hybridized carbons (Fsp3) is 0.385. The van der Waals surface area contributed by atoms with Gasteiger partial charge in [-0.2, -0.15) is 0 Å². The highest BCUT2D eigenvalue weighted by Crippen LogP contribution is 2.21. The van der Waals surface area contributed by atoms with Gasteiger partial charge < -0.3 is 9.47 Å². The van der Waals surface area contributed by atoms with Crippen LogP contribution >= 0.6 is 0 Å². The minimum absolute atomic E-state index is 0.200. The van der Waals surface area contributed by atoms with Crippen LogP contribution in [0.15, 0.2) is 30.3 Å². The van der Waals surface area contributed by atoms with E-state index in [2.05, 4.69) is 0 Å². The number of benzene rings is 1. The van der Waals surface area contributed by atoms with E-state index in [0.29, 0.717) is 12.8 Å². The molecule has 1 fully saturated rings. The molecule has 90 valence electrons. The van der Waals surface area contributed by atoms with Crippen LogP contribution in [0.3, 0.4) is 0 Å². The zero-order valence-electron chi connectivity index (χ0n) is 9.59. The van der Waals surface area contributed by atoms with Crippen molar-refractivity contribution in [1.29, 1.82) is 0 Å². The zero-order chi connectivity index (χ0) is 12.3. The maximum Gasteiger partial charge on any atom is 0.347 e. The number of esters is 2. The molecule has 1 aromatic rings. The van der Waals surface area contributed by atoms with Crippen molar-refractivity contribution >= 4 is 11.9 Å². The number of cyclic esters (lactones) is 1. The molecule has 0 spiro atoms. The van der Waals surface area contributed by atoms with Gasteiger partial charge >= 0.3 is 11.9 Å². The van der Waals surface area contributed by atoms with Gasteiger partial charge in [0.2, 0.25) is 6.10 Å². The van der Waals surface area contributed by atoms with Crippen LogP contribution in [0.1, 0.15) is 18.9 Å². The van der Waals surface area contributed by atoms with Crippen molar-refractivity contribution in [3.8, 4) is 0 Å². The third kappa shape index (κ3) is 3.06. The monoisotopic (exact) mass is 234 g/mol. The van der Waals surface area contributed by atoms with Gasteiger partial charge in [-0.1, -0.05) is 30.3 Å². The Kier molecular flexibility index (Phi) is 3.42. The Balaban J connectivity index is 1.93. The van der Waals surface area contributed by atoms with Crippen LogP contribution in [-0.2, 0) is 25.5 Å². The summed E-state index contributed by atoms with van der Waals surface area (Å²) in [6.07, 6.45) is 0.160. The lowest BCUT2D eigenvalue weighted by molar-refractivity contribution is -0.159. The van der Waals surface area contributed by atoms with E-state index in [4.69, 9.17) is 9.47 Å². The fourth-order valence-corrected chi connectivity index (χ4v) is 1.92. The number of carbonyl (C=O) groups excluding carboxylic acids is 2. The molecule has 1 heterocycles. The molecule has 2 rings (SSSR count). The van der Waals surface area contributed by atoms with E-state index in [1.165, 1.54) is 6.92 Å². The summed E-state index contributed by atoms with van der Waals surface area (Å²) in [7, 11) is 0. The van der Waals surface area contributed by atoms with E-state index >= 15 is 0 Å². The average Bonchev–Trinajstić information content (AvgIpc) is 2.59. The predicted octanol–water partition coefficient (Wildman–Crippen LogP) is 1.48. The van der Waals surface area contributed by atoms with Gasteiger partial charge in [0.05, 0.1) is 0 Å². The summed E-state index contributed by atoms with van der Waals surface area (Å²) in [5.74, 6) is -0.895. The first-order chi connectivity index (χ1) is 8.15. The largest absolute Gasteiger partial charge is 0.459 e. The standard InChI is InChI=1S/C13H14O4/c1-9(14)16-12-8-11(17-13(12)15)7-10-5-3-2-4-6-10/h2-6,11-12H,7-8H2,1H3/t11-,12-/m1/s1. The van der Waals surface area contributed by atoms with Crippen LogP contribution in [0.2, 0.25) is 0 Å². The van der Waals surface area contributed by atoms with Crippen LogP contribution in [0.5, 0.6) is 0 Å². The summed E-state index contributed by atoms with van der Waals surface area (Å²) >= 11 is 0. The molecule has 0 saturated carbocycles. The number of ether oxygens (including phenoxy) is 2. The highest BCUT2D eigenvalue weighted by atomic mass is 16.6. The number of carbonyl (C=O) groups is 2. The summed E-state index contributed by atoms with van der Waals surface area (Å²) in [6, 6.07) is 9.77. The molecule has 4 nitrogen and oxygen atoms in total. The van der Waals surface area contributed by atoms with Crippen LogP contribution in [0.4, 0.5) is 0 Å². The molecule has 0 radical (unpaired) electrons. The minimum Gasteiger partial charge on any atom is -0.459 e. The molecule has 1 aromatic carbocycles. The zero-order valence-corrected chi connectivity index (χ0v) is 9.59. The SMILES string of the molecule is CC(=O)O[C@@H]1C[C@@H](Cc2ccccc2)OC1=O. The van der Waals surface area contributed by atoms with Gasteiger partial charge in [0.1, 0.15) is 6.10 Å². The van der Waals surface area contributed by atoms with Gasteiger partial charge in [-0.3, -0.25) is 4.79 Å². The molecule has 2 atom stereocenters. The Morgan fingerprint density at radius 3 is 2.76 bits per heavy atom. The van der Waals surface area contributed by atoms with Gasteiger partial charge in [0.15, 0.2) is 0 Å². The van der Waals surface area contributed by atoms with Crippen molar-refractivity contribution in [1.82, 2.24) is 0 Å². The molecular weight excluding hydrogens is 220 g/mol.